The molecule has 1 heterocycles. The lowest BCUT2D eigenvalue weighted by Gasteiger charge is -2.29. The van der Waals surface area contributed by atoms with E-state index in [0.717, 1.165) is 10.0 Å². The summed E-state index contributed by atoms with van der Waals surface area (Å²) in [6.45, 7) is 0. The third-order valence-corrected chi connectivity index (χ3v) is 4.02. The van der Waals surface area contributed by atoms with Crippen molar-refractivity contribution >= 4 is 15.9 Å². The van der Waals surface area contributed by atoms with Crippen molar-refractivity contribution in [1.82, 2.24) is 0 Å². The highest BCUT2D eigenvalue weighted by atomic mass is 79.9. The molecule has 108 valence electrons. The summed E-state index contributed by atoms with van der Waals surface area (Å²) in [5.41, 5.74) is 1.40. The smallest absolute Gasteiger partial charge is 0.257 e. The molecular weight excluding hydrogens is 341 g/mol. The van der Waals surface area contributed by atoms with Crippen molar-refractivity contribution < 1.29 is 14.1 Å². The second-order valence-electron chi connectivity index (χ2n) is 4.90. The lowest BCUT2D eigenvalue weighted by molar-refractivity contribution is -0.535. The maximum atomic E-state index is 13.0. The van der Waals surface area contributed by atoms with Crippen molar-refractivity contribution in [2.45, 2.75) is 18.6 Å². The van der Waals surface area contributed by atoms with E-state index in [9.17, 15) is 14.5 Å². The van der Waals surface area contributed by atoms with Crippen LogP contribution in [-0.2, 0) is 6.42 Å². The van der Waals surface area contributed by atoms with E-state index in [4.69, 9.17) is 4.74 Å². The quantitative estimate of drug-likeness (QED) is 0.608. The van der Waals surface area contributed by atoms with Gasteiger partial charge < -0.3 is 4.74 Å². The number of halogens is 2. The van der Waals surface area contributed by atoms with Crippen LogP contribution in [0.3, 0.4) is 0 Å². The molecule has 6 heteroatoms. The zero-order valence-corrected chi connectivity index (χ0v) is 12.4. The van der Waals surface area contributed by atoms with Crippen LogP contribution in [0.5, 0.6) is 5.75 Å². The molecule has 0 radical (unpaired) electrons. The monoisotopic (exact) mass is 351 g/mol. The van der Waals surface area contributed by atoms with Crippen LogP contribution in [0.1, 0.15) is 17.2 Å². The average Bonchev–Trinajstić information content (AvgIpc) is 2.46. The first kappa shape index (κ1) is 14.0. The normalized spacial score (nSPS) is 20.5. The number of ether oxygens (including phenoxy) is 1. The Kier molecular flexibility index (Phi) is 3.63. The molecular formula is C15H11BrFNO3. The van der Waals surface area contributed by atoms with Crippen LogP contribution in [-0.4, -0.2) is 11.0 Å². The van der Waals surface area contributed by atoms with Gasteiger partial charge in [0.15, 0.2) is 6.10 Å². The zero-order valence-electron chi connectivity index (χ0n) is 10.8. The van der Waals surface area contributed by atoms with Gasteiger partial charge in [-0.1, -0.05) is 28.1 Å². The maximum absolute atomic E-state index is 13.0. The lowest BCUT2D eigenvalue weighted by atomic mass is 9.93. The fourth-order valence-electron chi connectivity index (χ4n) is 2.50. The Morgan fingerprint density at radius 2 is 1.95 bits per heavy atom. The van der Waals surface area contributed by atoms with E-state index in [1.54, 1.807) is 6.07 Å². The second kappa shape index (κ2) is 5.44. The van der Waals surface area contributed by atoms with E-state index in [-0.39, 0.29) is 17.2 Å². The first-order valence-electron chi connectivity index (χ1n) is 6.38. The maximum Gasteiger partial charge on any atom is 0.257 e. The number of fused-ring (bicyclic) bond motifs is 1. The summed E-state index contributed by atoms with van der Waals surface area (Å²) in [6, 6.07) is 10.2. The molecule has 0 aromatic heterocycles. The van der Waals surface area contributed by atoms with Crippen molar-refractivity contribution in [3.8, 4) is 5.75 Å². The van der Waals surface area contributed by atoms with E-state index in [2.05, 4.69) is 15.9 Å². The number of benzene rings is 2. The van der Waals surface area contributed by atoms with E-state index in [0.29, 0.717) is 11.3 Å². The molecule has 2 unspecified atom stereocenters. The van der Waals surface area contributed by atoms with Crippen LogP contribution in [0.15, 0.2) is 46.9 Å². The molecule has 21 heavy (non-hydrogen) atoms. The van der Waals surface area contributed by atoms with Gasteiger partial charge in [0.2, 0.25) is 0 Å². The Morgan fingerprint density at radius 3 is 2.62 bits per heavy atom. The van der Waals surface area contributed by atoms with Crippen LogP contribution >= 0.6 is 15.9 Å². The predicted octanol–water partition coefficient (Wildman–Crippen LogP) is 3.91. The van der Waals surface area contributed by atoms with Gasteiger partial charge in [0.1, 0.15) is 11.6 Å². The van der Waals surface area contributed by atoms with E-state index in [1.165, 1.54) is 24.3 Å². The number of hydrogen-bond donors (Lipinski definition) is 0. The van der Waals surface area contributed by atoms with Crippen LogP contribution < -0.4 is 4.74 Å². The Labute approximate surface area is 128 Å². The molecule has 2 aromatic rings. The van der Waals surface area contributed by atoms with E-state index < -0.39 is 12.1 Å². The minimum atomic E-state index is -0.891. The third kappa shape index (κ3) is 2.76. The predicted molar refractivity (Wildman–Crippen MR) is 78.4 cm³/mol. The van der Waals surface area contributed by atoms with Crippen LogP contribution in [0, 0.1) is 15.9 Å². The van der Waals surface area contributed by atoms with Gasteiger partial charge >= 0.3 is 0 Å². The Hall–Kier alpha value is -1.95. The van der Waals surface area contributed by atoms with Crippen LogP contribution in [0.4, 0.5) is 4.39 Å². The lowest BCUT2D eigenvalue weighted by Crippen LogP contribution is -2.36. The van der Waals surface area contributed by atoms with Gasteiger partial charge in [-0.15, -0.1) is 0 Å². The molecule has 0 bridgehead atoms. The van der Waals surface area contributed by atoms with E-state index in [1.807, 2.05) is 12.1 Å². The van der Waals surface area contributed by atoms with Crippen LogP contribution in [0.2, 0.25) is 0 Å². The summed E-state index contributed by atoms with van der Waals surface area (Å²) in [4.78, 5) is 11.0. The number of nitro groups is 1. The van der Waals surface area contributed by atoms with Gasteiger partial charge in [0, 0.05) is 21.4 Å². The molecule has 0 saturated carbocycles. The molecule has 3 rings (SSSR count). The molecule has 1 aliphatic heterocycles. The molecule has 0 N–H and O–H groups in total. The van der Waals surface area contributed by atoms with Crippen LogP contribution in [0.25, 0.3) is 0 Å². The molecule has 1 aliphatic rings. The standard InChI is InChI=1S/C15H11BrFNO3/c16-11-3-6-14-10(7-11)8-13(18(19)20)15(21-14)9-1-4-12(17)5-2-9/h1-7,13,15H,8H2. The topological polar surface area (TPSA) is 52.4 Å². The molecule has 4 nitrogen and oxygen atoms in total. The van der Waals surface area contributed by atoms with Gasteiger partial charge in [0.05, 0.1) is 0 Å². The minimum absolute atomic E-state index is 0.282. The fourth-order valence-corrected chi connectivity index (χ4v) is 2.91. The molecule has 0 amide bonds. The first-order valence-corrected chi connectivity index (χ1v) is 7.18. The van der Waals surface area contributed by atoms with Crippen molar-refractivity contribution in [3.63, 3.8) is 0 Å². The SMILES string of the molecule is O=[N+]([O-])C1Cc2cc(Br)ccc2OC1c1ccc(F)cc1. The summed E-state index contributed by atoms with van der Waals surface area (Å²) in [5, 5.41) is 11.3. The Bertz CT molecular complexity index is 690. The number of nitrogens with zero attached hydrogens (tertiary/aromatic N) is 1. The summed E-state index contributed by atoms with van der Waals surface area (Å²) >= 11 is 3.35. The van der Waals surface area contributed by atoms with Gasteiger partial charge in [-0.2, -0.15) is 0 Å². The summed E-state index contributed by atoms with van der Waals surface area (Å²) < 4.78 is 19.7. The van der Waals surface area contributed by atoms with Gasteiger partial charge in [-0.25, -0.2) is 4.39 Å². The number of hydrogen-bond acceptors (Lipinski definition) is 3. The fraction of sp³-hybridized carbons (Fsp3) is 0.200. The van der Waals surface area contributed by atoms with E-state index >= 15 is 0 Å². The molecule has 0 saturated heterocycles. The van der Waals surface area contributed by atoms with Crippen molar-refractivity contribution in [1.29, 1.82) is 0 Å². The number of rotatable bonds is 2. The highest BCUT2D eigenvalue weighted by Gasteiger charge is 2.39. The Balaban J connectivity index is 2.00. The van der Waals surface area contributed by atoms with Gasteiger partial charge in [-0.05, 0) is 35.9 Å². The highest BCUT2D eigenvalue weighted by Crippen LogP contribution is 2.37. The zero-order chi connectivity index (χ0) is 15.0. The highest BCUT2D eigenvalue weighted by molar-refractivity contribution is 9.10. The van der Waals surface area contributed by atoms with Crippen molar-refractivity contribution in [3.05, 3.63) is 74.0 Å². The second-order valence-corrected chi connectivity index (χ2v) is 5.81. The summed E-state index contributed by atoms with van der Waals surface area (Å²) in [7, 11) is 0. The average molecular weight is 352 g/mol. The summed E-state index contributed by atoms with van der Waals surface area (Å²) in [5.74, 6) is 0.252. The Morgan fingerprint density at radius 1 is 1.24 bits per heavy atom. The molecule has 0 fully saturated rings. The minimum Gasteiger partial charge on any atom is -0.478 e. The van der Waals surface area contributed by atoms with Crippen molar-refractivity contribution in [2.24, 2.45) is 0 Å². The van der Waals surface area contributed by atoms with Gasteiger partial charge in [0.25, 0.3) is 6.04 Å². The first-order chi connectivity index (χ1) is 10.0. The summed E-state index contributed by atoms with van der Waals surface area (Å²) in [6.07, 6.45) is -0.432. The van der Waals surface area contributed by atoms with Crippen molar-refractivity contribution in [2.75, 3.05) is 0 Å². The third-order valence-electron chi connectivity index (χ3n) is 3.52. The molecule has 2 aromatic carbocycles. The van der Waals surface area contributed by atoms with Gasteiger partial charge in [-0.3, -0.25) is 10.1 Å². The molecule has 0 spiro atoms. The molecule has 2 atom stereocenters. The molecule has 0 aliphatic carbocycles. The largest absolute Gasteiger partial charge is 0.478 e.